The predicted octanol–water partition coefficient (Wildman–Crippen LogP) is 3.91. The lowest BCUT2D eigenvalue weighted by molar-refractivity contribution is 0.102. The van der Waals surface area contributed by atoms with Gasteiger partial charge in [0.15, 0.2) is 0 Å². The highest BCUT2D eigenvalue weighted by molar-refractivity contribution is 6.04. The normalized spacial score (nSPS) is 10.3. The molecule has 2 aromatic carbocycles. The first kappa shape index (κ1) is 18.3. The summed E-state index contributed by atoms with van der Waals surface area (Å²) in [6, 6.07) is 16.2. The third-order valence-corrected chi connectivity index (χ3v) is 4.18. The van der Waals surface area contributed by atoms with E-state index in [1.807, 2.05) is 31.2 Å². The number of carbonyl (C=O) groups is 1. The van der Waals surface area contributed by atoms with E-state index in [0.717, 1.165) is 11.1 Å². The van der Waals surface area contributed by atoms with Crippen molar-refractivity contribution in [3.63, 3.8) is 0 Å². The number of aryl methyl sites for hydroxylation is 1. The predicted molar refractivity (Wildman–Crippen MR) is 106 cm³/mol. The minimum atomic E-state index is -0.242. The first-order valence-electron chi connectivity index (χ1n) is 8.38. The monoisotopic (exact) mass is 363 g/mol. The smallest absolute Gasteiger partial charge is 0.256 e. The molecule has 0 aliphatic rings. The first-order valence-corrected chi connectivity index (χ1v) is 8.38. The number of hydrogen-bond acceptors (Lipinski definition) is 5. The molecule has 0 spiro atoms. The Morgan fingerprint density at radius 1 is 0.963 bits per heavy atom. The second-order valence-corrected chi connectivity index (χ2v) is 6.02. The molecule has 0 atom stereocenters. The van der Waals surface area contributed by atoms with Crippen LogP contribution >= 0.6 is 0 Å². The van der Waals surface area contributed by atoms with E-state index in [9.17, 15) is 4.79 Å². The highest BCUT2D eigenvalue weighted by atomic mass is 16.5. The van der Waals surface area contributed by atoms with Crippen LogP contribution in [0, 0.1) is 6.92 Å². The SMILES string of the molecule is COc1ccc(OC)c(-c2ccc(NC(=O)c3ccc(C)cc3)nc2N)c1. The molecule has 6 nitrogen and oxygen atoms in total. The van der Waals surface area contributed by atoms with Crippen molar-refractivity contribution >= 4 is 17.5 Å². The van der Waals surface area contributed by atoms with Crippen molar-refractivity contribution in [3.05, 3.63) is 65.7 Å². The van der Waals surface area contributed by atoms with Crippen LogP contribution in [0.25, 0.3) is 11.1 Å². The quantitative estimate of drug-likeness (QED) is 0.718. The zero-order valence-corrected chi connectivity index (χ0v) is 15.4. The van der Waals surface area contributed by atoms with Gasteiger partial charge in [-0.05, 0) is 49.4 Å². The molecule has 27 heavy (non-hydrogen) atoms. The van der Waals surface area contributed by atoms with Crippen molar-refractivity contribution in [3.8, 4) is 22.6 Å². The Hall–Kier alpha value is -3.54. The Morgan fingerprint density at radius 3 is 2.33 bits per heavy atom. The van der Waals surface area contributed by atoms with Gasteiger partial charge in [-0.25, -0.2) is 4.98 Å². The number of benzene rings is 2. The highest BCUT2D eigenvalue weighted by Gasteiger charge is 2.13. The number of nitrogens with two attached hydrogens (primary N) is 1. The molecule has 6 heteroatoms. The van der Waals surface area contributed by atoms with Crippen LogP contribution in [0.2, 0.25) is 0 Å². The number of anilines is 2. The molecule has 0 fully saturated rings. The highest BCUT2D eigenvalue weighted by Crippen LogP contribution is 2.36. The molecular weight excluding hydrogens is 342 g/mol. The first-order chi connectivity index (χ1) is 13.0. The molecule has 3 N–H and O–H groups in total. The summed E-state index contributed by atoms with van der Waals surface area (Å²) < 4.78 is 10.7. The standard InChI is InChI=1S/C21H21N3O3/c1-13-4-6-14(7-5-13)21(25)24-19-11-9-16(20(22)23-19)17-12-15(26-2)8-10-18(17)27-3/h4-12H,1-3H3,(H3,22,23,24,25). The molecule has 1 aromatic heterocycles. The van der Waals surface area contributed by atoms with E-state index in [1.54, 1.807) is 44.6 Å². The number of methoxy groups -OCH3 is 2. The molecule has 138 valence electrons. The van der Waals surface area contributed by atoms with Gasteiger partial charge in [0.1, 0.15) is 23.1 Å². The van der Waals surface area contributed by atoms with E-state index in [2.05, 4.69) is 10.3 Å². The molecule has 3 rings (SSSR count). The summed E-state index contributed by atoms with van der Waals surface area (Å²) in [4.78, 5) is 16.7. The summed E-state index contributed by atoms with van der Waals surface area (Å²) in [6.07, 6.45) is 0. The summed E-state index contributed by atoms with van der Waals surface area (Å²) in [5.41, 5.74) is 9.24. The second-order valence-electron chi connectivity index (χ2n) is 6.02. The van der Waals surface area contributed by atoms with E-state index in [4.69, 9.17) is 15.2 Å². The van der Waals surface area contributed by atoms with Gasteiger partial charge in [0.2, 0.25) is 0 Å². The zero-order valence-electron chi connectivity index (χ0n) is 15.4. The Kier molecular flexibility index (Phi) is 5.26. The average molecular weight is 363 g/mol. The van der Waals surface area contributed by atoms with Crippen LogP contribution in [0.15, 0.2) is 54.6 Å². The fraction of sp³-hybridized carbons (Fsp3) is 0.143. The number of hydrogen-bond donors (Lipinski definition) is 2. The van der Waals surface area contributed by atoms with Gasteiger partial charge in [0, 0.05) is 16.7 Å². The van der Waals surface area contributed by atoms with Crippen molar-refractivity contribution in [2.75, 3.05) is 25.3 Å². The van der Waals surface area contributed by atoms with Crippen molar-refractivity contribution in [1.82, 2.24) is 4.98 Å². The average Bonchev–Trinajstić information content (AvgIpc) is 2.68. The largest absolute Gasteiger partial charge is 0.497 e. The van der Waals surface area contributed by atoms with Crippen molar-refractivity contribution < 1.29 is 14.3 Å². The Morgan fingerprint density at radius 2 is 1.70 bits per heavy atom. The van der Waals surface area contributed by atoms with Crippen LogP contribution in [0.5, 0.6) is 11.5 Å². The van der Waals surface area contributed by atoms with Gasteiger partial charge in [-0.1, -0.05) is 17.7 Å². The Labute approximate surface area is 158 Å². The number of amides is 1. The minimum absolute atomic E-state index is 0.242. The van der Waals surface area contributed by atoms with Crippen LogP contribution in [0.3, 0.4) is 0 Å². The molecule has 3 aromatic rings. The molecule has 0 saturated heterocycles. The van der Waals surface area contributed by atoms with Crippen LogP contribution in [0.1, 0.15) is 15.9 Å². The summed E-state index contributed by atoms with van der Waals surface area (Å²) in [6.45, 7) is 1.97. The van der Waals surface area contributed by atoms with Gasteiger partial charge in [0.05, 0.1) is 14.2 Å². The Bertz CT molecular complexity index is 969. The van der Waals surface area contributed by atoms with Crippen molar-refractivity contribution in [2.45, 2.75) is 6.92 Å². The number of nitrogens with zero attached hydrogens (tertiary/aromatic N) is 1. The number of pyridine rings is 1. The molecule has 0 radical (unpaired) electrons. The van der Waals surface area contributed by atoms with E-state index in [-0.39, 0.29) is 11.7 Å². The maximum absolute atomic E-state index is 12.3. The lowest BCUT2D eigenvalue weighted by Gasteiger charge is -2.13. The second kappa shape index (κ2) is 7.78. The van der Waals surface area contributed by atoms with Crippen molar-refractivity contribution in [1.29, 1.82) is 0 Å². The van der Waals surface area contributed by atoms with Gasteiger partial charge < -0.3 is 20.5 Å². The van der Waals surface area contributed by atoms with E-state index < -0.39 is 0 Å². The van der Waals surface area contributed by atoms with Gasteiger partial charge in [-0.15, -0.1) is 0 Å². The van der Waals surface area contributed by atoms with E-state index >= 15 is 0 Å². The third-order valence-electron chi connectivity index (χ3n) is 4.18. The maximum Gasteiger partial charge on any atom is 0.256 e. The van der Waals surface area contributed by atoms with Gasteiger partial charge in [-0.3, -0.25) is 4.79 Å². The fourth-order valence-corrected chi connectivity index (χ4v) is 2.69. The zero-order chi connectivity index (χ0) is 19.4. The summed E-state index contributed by atoms with van der Waals surface area (Å²) in [5, 5.41) is 2.76. The number of aromatic nitrogens is 1. The molecule has 1 amide bonds. The molecule has 0 unspecified atom stereocenters. The summed E-state index contributed by atoms with van der Waals surface area (Å²) >= 11 is 0. The molecule has 0 bridgehead atoms. The van der Waals surface area contributed by atoms with Crippen LogP contribution in [-0.2, 0) is 0 Å². The number of rotatable bonds is 5. The topological polar surface area (TPSA) is 86.5 Å². The molecule has 1 heterocycles. The number of ether oxygens (including phenoxy) is 2. The summed E-state index contributed by atoms with van der Waals surface area (Å²) in [5.74, 6) is 1.75. The van der Waals surface area contributed by atoms with Gasteiger partial charge >= 0.3 is 0 Å². The third kappa shape index (κ3) is 4.00. The van der Waals surface area contributed by atoms with E-state index in [0.29, 0.717) is 28.4 Å². The Balaban J connectivity index is 1.88. The number of carbonyl (C=O) groups excluding carboxylic acids is 1. The van der Waals surface area contributed by atoms with E-state index in [1.165, 1.54) is 0 Å². The minimum Gasteiger partial charge on any atom is -0.497 e. The van der Waals surface area contributed by atoms with Crippen LogP contribution in [0.4, 0.5) is 11.6 Å². The lowest BCUT2D eigenvalue weighted by Crippen LogP contribution is -2.13. The van der Waals surface area contributed by atoms with Gasteiger partial charge in [-0.2, -0.15) is 0 Å². The molecule has 0 saturated carbocycles. The number of nitrogen functional groups attached to an aromatic ring is 1. The molecule has 0 aliphatic heterocycles. The van der Waals surface area contributed by atoms with Gasteiger partial charge in [0.25, 0.3) is 5.91 Å². The van der Waals surface area contributed by atoms with Crippen LogP contribution < -0.4 is 20.5 Å². The fourth-order valence-electron chi connectivity index (χ4n) is 2.69. The molecule has 0 aliphatic carbocycles. The van der Waals surface area contributed by atoms with Crippen LogP contribution in [-0.4, -0.2) is 25.1 Å². The number of nitrogens with one attached hydrogen (secondary N) is 1. The molecular formula is C21H21N3O3. The van der Waals surface area contributed by atoms with Crippen molar-refractivity contribution in [2.24, 2.45) is 0 Å². The maximum atomic E-state index is 12.3. The lowest BCUT2D eigenvalue weighted by atomic mass is 10.0. The summed E-state index contributed by atoms with van der Waals surface area (Å²) in [7, 11) is 3.18.